The van der Waals surface area contributed by atoms with Gasteiger partial charge in [-0.3, -0.25) is 4.99 Å². The lowest BCUT2D eigenvalue weighted by molar-refractivity contribution is 0.0468. The van der Waals surface area contributed by atoms with Crippen LogP contribution in [0.15, 0.2) is 4.99 Å². The van der Waals surface area contributed by atoms with E-state index in [-0.39, 0.29) is 0 Å². The smallest absolute Gasteiger partial charge is 0.191 e. The summed E-state index contributed by atoms with van der Waals surface area (Å²) in [6, 6.07) is 0. The molecule has 0 bridgehead atoms. The van der Waals surface area contributed by atoms with Crippen LogP contribution in [-0.4, -0.2) is 63.3 Å². The van der Waals surface area contributed by atoms with Gasteiger partial charge in [-0.1, -0.05) is 25.7 Å². The summed E-state index contributed by atoms with van der Waals surface area (Å²) in [5, 5.41) is 6.78. The largest absolute Gasteiger partial charge is 0.376 e. The van der Waals surface area contributed by atoms with Crippen LogP contribution in [0.25, 0.3) is 0 Å². The summed E-state index contributed by atoms with van der Waals surface area (Å²) >= 11 is 0. The first-order valence-corrected chi connectivity index (χ1v) is 10.1. The van der Waals surface area contributed by atoms with Crippen LogP contribution in [0.2, 0.25) is 0 Å². The van der Waals surface area contributed by atoms with E-state index in [0.717, 1.165) is 38.1 Å². The molecule has 1 aliphatic heterocycles. The number of hydrogen-bond donors (Lipinski definition) is 2. The highest BCUT2D eigenvalue weighted by molar-refractivity contribution is 5.79. The first-order valence-electron chi connectivity index (χ1n) is 10.1. The molecule has 2 aliphatic rings. The minimum Gasteiger partial charge on any atom is -0.376 e. The zero-order chi connectivity index (χ0) is 17.0. The van der Waals surface area contributed by atoms with Crippen molar-refractivity contribution >= 4 is 5.96 Å². The standard InChI is InChI=1S/C19H38N4O/c1-3-20-19(22-16-17-10-13-23(2)14-11-17)21-12-15-24-18-8-6-4-5-7-9-18/h17-18H,3-16H2,1-2H3,(H2,20,21,22). The van der Waals surface area contributed by atoms with Crippen LogP contribution in [0.3, 0.4) is 0 Å². The molecule has 0 aromatic rings. The lowest BCUT2D eigenvalue weighted by atomic mass is 9.97. The van der Waals surface area contributed by atoms with Crippen molar-refractivity contribution in [1.82, 2.24) is 15.5 Å². The highest BCUT2D eigenvalue weighted by Gasteiger charge is 2.16. The van der Waals surface area contributed by atoms with E-state index in [2.05, 4.69) is 29.5 Å². The van der Waals surface area contributed by atoms with Crippen molar-refractivity contribution in [3.05, 3.63) is 0 Å². The number of ether oxygens (including phenoxy) is 1. The van der Waals surface area contributed by atoms with Crippen LogP contribution >= 0.6 is 0 Å². The third-order valence-electron chi connectivity index (χ3n) is 5.24. The molecule has 1 saturated carbocycles. The number of aliphatic imine (C=N–C) groups is 1. The molecule has 1 aliphatic carbocycles. The second-order valence-corrected chi connectivity index (χ2v) is 7.38. The van der Waals surface area contributed by atoms with E-state index in [1.54, 1.807) is 0 Å². The maximum atomic E-state index is 6.05. The molecule has 0 radical (unpaired) electrons. The van der Waals surface area contributed by atoms with E-state index in [9.17, 15) is 0 Å². The van der Waals surface area contributed by atoms with E-state index in [0.29, 0.717) is 6.10 Å². The molecule has 5 heteroatoms. The van der Waals surface area contributed by atoms with Crippen LogP contribution in [0.4, 0.5) is 0 Å². The van der Waals surface area contributed by atoms with Gasteiger partial charge in [0.2, 0.25) is 0 Å². The van der Waals surface area contributed by atoms with Gasteiger partial charge in [-0.15, -0.1) is 0 Å². The molecule has 2 fully saturated rings. The molecule has 0 unspecified atom stereocenters. The van der Waals surface area contributed by atoms with Crippen molar-refractivity contribution in [3.63, 3.8) is 0 Å². The number of guanidine groups is 1. The normalized spacial score (nSPS) is 22.3. The molecule has 0 aromatic carbocycles. The molecule has 1 saturated heterocycles. The van der Waals surface area contributed by atoms with Crippen LogP contribution in [0.1, 0.15) is 58.3 Å². The van der Waals surface area contributed by atoms with Gasteiger partial charge >= 0.3 is 0 Å². The zero-order valence-electron chi connectivity index (χ0n) is 15.9. The second kappa shape index (κ2) is 11.7. The van der Waals surface area contributed by atoms with Crippen molar-refractivity contribution in [2.45, 2.75) is 64.4 Å². The Morgan fingerprint density at radius 3 is 2.42 bits per heavy atom. The van der Waals surface area contributed by atoms with Gasteiger partial charge in [-0.2, -0.15) is 0 Å². The Morgan fingerprint density at radius 1 is 1.04 bits per heavy atom. The quantitative estimate of drug-likeness (QED) is 0.324. The van der Waals surface area contributed by atoms with Gasteiger partial charge in [0.15, 0.2) is 5.96 Å². The molecule has 0 spiro atoms. The first-order chi connectivity index (χ1) is 11.8. The Labute approximate surface area is 148 Å². The summed E-state index contributed by atoms with van der Waals surface area (Å²) < 4.78 is 6.05. The minimum absolute atomic E-state index is 0.480. The Balaban J connectivity index is 1.63. The predicted octanol–water partition coefficient (Wildman–Crippen LogP) is 2.62. The predicted molar refractivity (Wildman–Crippen MR) is 102 cm³/mol. The summed E-state index contributed by atoms with van der Waals surface area (Å²) in [5.74, 6) is 1.68. The van der Waals surface area contributed by atoms with Crippen LogP contribution in [0, 0.1) is 5.92 Å². The summed E-state index contributed by atoms with van der Waals surface area (Å²) in [4.78, 5) is 7.19. The highest BCUT2D eigenvalue weighted by atomic mass is 16.5. The fourth-order valence-corrected chi connectivity index (χ4v) is 3.61. The molecular weight excluding hydrogens is 300 g/mol. The van der Waals surface area contributed by atoms with Gasteiger partial charge in [0.05, 0.1) is 12.7 Å². The van der Waals surface area contributed by atoms with Gasteiger partial charge < -0.3 is 20.3 Å². The summed E-state index contributed by atoms with van der Waals surface area (Å²) in [5.41, 5.74) is 0. The number of nitrogens with zero attached hydrogens (tertiary/aromatic N) is 2. The van der Waals surface area contributed by atoms with Gasteiger partial charge in [0.25, 0.3) is 0 Å². The number of likely N-dealkylation sites (tertiary alicyclic amines) is 1. The number of piperidine rings is 1. The van der Waals surface area contributed by atoms with Crippen LogP contribution < -0.4 is 10.6 Å². The maximum Gasteiger partial charge on any atom is 0.191 e. The molecule has 1 heterocycles. The Hall–Kier alpha value is -0.810. The molecule has 0 amide bonds. The number of hydrogen-bond acceptors (Lipinski definition) is 3. The average Bonchev–Trinajstić information content (AvgIpc) is 2.86. The second-order valence-electron chi connectivity index (χ2n) is 7.38. The fourth-order valence-electron chi connectivity index (χ4n) is 3.61. The van der Waals surface area contributed by atoms with E-state index >= 15 is 0 Å². The fraction of sp³-hybridized carbons (Fsp3) is 0.947. The molecule has 24 heavy (non-hydrogen) atoms. The zero-order valence-corrected chi connectivity index (χ0v) is 15.9. The van der Waals surface area contributed by atoms with Gasteiger partial charge in [-0.25, -0.2) is 0 Å². The SMILES string of the molecule is CCNC(=NCC1CCN(C)CC1)NCCOC1CCCCCC1. The van der Waals surface area contributed by atoms with Crippen molar-refractivity contribution in [2.75, 3.05) is 46.4 Å². The molecule has 140 valence electrons. The van der Waals surface area contributed by atoms with Gasteiger partial charge in [-0.05, 0) is 58.7 Å². The summed E-state index contributed by atoms with van der Waals surface area (Å²) in [7, 11) is 2.21. The molecule has 0 atom stereocenters. The third kappa shape index (κ3) is 7.84. The molecule has 0 aromatic heterocycles. The van der Waals surface area contributed by atoms with Gasteiger partial charge in [0, 0.05) is 19.6 Å². The van der Waals surface area contributed by atoms with E-state index in [1.807, 2.05) is 0 Å². The Bertz CT molecular complexity index is 345. The minimum atomic E-state index is 0.480. The Kier molecular flexibility index (Phi) is 9.51. The molecule has 2 rings (SSSR count). The molecular formula is C19H38N4O. The average molecular weight is 339 g/mol. The van der Waals surface area contributed by atoms with Crippen molar-refractivity contribution in [3.8, 4) is 0 Å². The molecule has 5 nitrogen and oxygen atoms in total. The van der Waals surface area contributed by atoms with Crippen LogP contribution in [0.5, 0.6) is 0 Å². The van der Waals surface area contributed by atoms with E-state index in [1.165, 1.54) is 64.5 Å². The van der Waals surface area contributed by atoms with Crippen molar-refractivity contribution < 1.29 is 4.74 Å². The Morgan fingerprint density at radius 2 is 1.75 bits per heavy atom. The third-order valence-corrected chi connectivity index (χ3v) is 5.24. The van der Waals surface area contributed by atoms with Gasteiger partial charge in [0.1, 0.15) is 0 Å². The lowest BCUT2D eigenvalue weighted by Gasteiger charge is -2.28. The first kappa shape index (κ1) is 19.5. The van der Waals surface area contributed by atoms with Crippen LogP contribution in [-0.2, 0) is 4.74 Å². The lowest BCUT2D eigenvalue weighted by Crippen LogP contribution is -2.40. The van der Waals surface area contributed by atoms with E-state index < -0.39 is 0 Å². The maximum absolute atomic E-state index is 6.05. The molecule has 2 N–H and O–H groups in total. The highest BCUT2D eigenvalue weighted by Crippen LogP contribution is 2.19. The van der Waals surface area contributed by atoms with Crippen molar-refractivity contribution in [2.24, 2.45) is 10.9 Å². The van der Waals surface area contributed by atoms with Crippen molar-refractivity contribution in [1.29, 1.82) is 0 Å². The summed E-state index contributed by atoms with van der Waals surface area (Å²) in [6.45, 7) is 8.00. The number of rotatable bonds is 7. The van der Waals surface area contributed by atoms with E-state index in [4.69, 9.17) is 9.73 Å². The topological polar surface area (TPSA) is 48.9 Å². The number of nitrogens with one attached hydrogen (secondary N) is 2. The monoisotopic (exact) mass is 338 g/mol. The summed E-state index contributed by atoms with van der Waals surface area (Å²) in [6.07, 6.45) is 10.9.